The summed E-state index contributed by atoms with van der Waals surface area (Å²) in [6.45, 7) is 17.9. The summed E-state index contributed by atoms with van der Waals surface area (Å²) in [5.41, 5.74) is 13.9. The molecule has 0 amide bonds. The summed E-state index contributed by atoms with van der Waals surface area (Å²) in [6.07, 6.45) is 4.06. The fraction of sp³-hybridized carbons (Fsp3) is 0.220. The van der Waals surface area contributed by atoms with Crippen LogP contribution in [0.3, 0.4) is 0 Å². The molecular formula is C41H39FeN4O4. The number of allylic oxidation sites excluding steroid dienone is 5. The number of hydrogen-bond donors (Lipinski definition) is 2. The van der Waals surface area contributed by atoms with Gasteiger partial charge in [-0.15, -0.1) is 22.1 Å². The first-order valence-corrected chi connectivity index (χ1v) is 16.1. The number of fused-ring (bicyclic) bond motifs is 8. The van der Waals surface area contributed by atoms with Gasteiger partial charge in [0.05, 0.1) is 22.8 Å². The second-order valence-electron chi connectivity index (χ2n) is 12.2. The van der Waals surface area contributed by atoms with E-state index in [1.807, 2.05) is 70.2 Å². The summed E-state index contributed by atoms with van der Waals surface area (Å²) in [5.74, 6) is -1.80. The average Bonchev–Trinajstić information content (AvgIpc) is 3.72. The van der Waals surface area contributed by atoms with E-state index < -0.39 is 11.9 Å². The molecule has 0 unspecified atom stereocenters. The Kier molecular flexibility index (Phi) is 12.0. The van der Waals surface area contributed by atoms with Crippen LogP contribution in [0.2, 0.25) is 0 Å². The number of carboxylic acid groups (broad SMARTS) is 2. The number of carbonyl (C=O) groups is 2. The van der Waals surface area contributed by atoms with E-state index in [1.165, 1.54) is 5.56 Å². The van der Waals surface area contributed by atoms with E-state index in [2.05, 4.69) is 32.2 Å². The molecule has 0 saturated heterocycles. The molecule has 9 heteroatoms. The zero-order valence-electron chi connectivity index (χ0n) is 28.9. The van der Waals surface area contributed by atoms with Crippen LogP contribution in [0.25, 0.3) is 50.4 Å². The van der Waals surface area contributed by atoms with Crippen molar-refractivity contribution in [2.75, 3.05) is 0 Å². The van der Waals surface area contributed by atoms with Crippen LogP contribution in [0.15, 0.2) is 67.8 Å². The third kappa shape index (κ3) is 7.96. The molecule has 2 aliphatic heterocycles. The molecule has 1 aromatic carbocycles. The van der Waals surface area contributed by atoms with Crippen LogP contribution in [0.1, 0.15) is 83.7 Å². The molecule has 6 rings (SSSR count). The number of carboxylic acids is 2. The van der Waals surface area contributed by atoms with Gasteiger partial charge in [0.25, 0.3) is 0 Å². The van der Waals surface area contributed by atoms with Crippen molar-refractivity contribution in [3.63, 3.8) is 0 Å². The molecule has 4 aromatic rings. The van der Waals surface area contributed by atoms with Crippen LogP contribution in [-0.2, 0) is 33.1 Å². The van der Waals surface area contributed by atoms with Crippen molar-refractivity contribution in [3.8, 4) is 0 Å². The van der Waals surface area contributed by atoms with Gasteiger partial charge in [-0.1, -0.05) is 73.2 Å². The Balaban J connectivity index is 0.000000627. The Bertz CT molecular complexity index is 2220. The van der Waals surface area contributed by atoms with Crippen molar-refractivity contribution in [2.45, 2.75) is 60.3 Å². The number of rotatable bonds is 8. The number of aliphatic carboxylic acids is 2. The maximum atomic E-state index is 11.5. The van der Waals surface area contributed by atoms with Crippen LogP contribution >= 0.6 is 0 Å². The van der Waals surface area contributed by atoms with Gasteiger partial charge in [-0.05, 0) is 62.8 Å². The van der Waals surface area contributed by atoms with Crippen molar-refractivity contribution >= 4 is 62.4 Å². The van der Waals surface area contributed by atoms with Crippen molar-refractivity contribution in [1.29, 1.82) is 0 Å². The largest absolute Gasteiger partial charge is 3.00 e. The SMILES string of the molecule is C=CC1=C(C)c2cc3[n-]c(cc4nc(cc5[n-]c(cc1n2)c(C)c5CCC(=O)O)C(CCC(=O)O)=C4C)c(C)c3C=C.Cc1c[c-]ccc1.[Fe+3]. The third-order valence-electron chi connectivity index (χ3n) is 8.93. The maximum Gasteiger partial charge on any atom is 3.00 e. The smallest absolute Gasteiger partial charge is 0.657 e. The van der Waals surface area contributed by atoms with Crippen molar-refractivity contribution in [3.05, 3.63) is 124 Å². The van der Waals surface area contributed by atoms with E-state index in [9.17, 15) is 19.8 Å². The fourth-order valence-corrected chi connectivity index (χ4v) is 6.10. The molecule has 5 heterocycles. The van der Waals surface area contributed by atoms with E-state index in [0.29, 0.717) is 41.0 Å². The normalized spacial score (nSPS) is 12.2. The van der Waals surface area contributed by atoms with Crippen LogP contribution < -0.4 is 9.97 Å². The number of aromatic nitrogens is 4. The minimum atomic E-state index is -0.898. The summed E-state index contributed by atoms with van der Waals surface area (Å²) < 4.78 is 0. The molecule has 255 valence electrons. The third-order valence-corrected chi connectivity index (χ3v) is 8.93. The maximum absolute atomic E-state index is 11.5. The number of nitrogens with zero attached hydrogens (tertiary/aromatic N) is 4. The second kappa shape index (κ2) is 16.0. The molecular weight excluding hydrogens is 668 g/mol. The second-order valence-corrected chi connectivity index (χ2v) is 12.2. The van der Waals surface area contributed by atoms with Gasteiger partial charge in [0, 0.05) is 18.4 Å². The molecule has 0 spiro atoms. The van der Waals surface area contributed by atoms with Crippen LogP contribution in [0.4, 0.5) is 0 Å². The molecule has 8 nitrogen and oxygen atoms in total. The molecule has 0 aliphatic carbocycles. The summed E-state index contributed by atoms with van der Waals surface area (Å²) in [4.78, 5) is 42.7. The Labute approximate surface area is 302 Å². The minimum Gasteiger partial charge on any atom is -0.657 e. The van der Waals surface area contributed by atoms with Crippen molar-refractivity contribution in [2.24, 2.45) is 0 Å². The van der Waals surface area contributed by atoms with Gasteiger partial charge in [-0.3, -0.25) is 9.59 Å². The first kappa shape index (κ1) is 37.6. The molecule has 0 fully saturated rings. The Hall–Kier alpha value is -5.24. The van der Waals surface area contributed by atoms with Crippen LogP contribution in [0, 0.1) is 26.8 Å². The van der Waals surface area contributed by atoms with Gasteiger partial charge in [-0.2, -0.15) is 35.9 Å². The Morgan fingerprint density at radius 2 is 1.34 bits per heavy atom. The molecule has 2 N–H and O–H groups in total. The number of aryl methyl sites for hydroxylation is 4. The minimum absolute atomic E-state index is 0. The number of hydrogen-bond acceptors (Lipinski definition) is 4. The topological polar surface area (TPSA) is 129 Å². The van der Waals surface area contributed by atoms with E-state index in [1.54, 1.807) is 12.2 Å². The first-order chi connectivity index (χ1) is 23.4. The summed E-state index contributed by atoms with van der Waals surface area (Å²) in [5, 5.41) is 18.9. The van der Waals surface area contributed by atoms with Crippen molar-refractivity contribution in [1.82, 2.24) is 19.9 Å². The zero-order valence-corrected chi connectivity index (χ0v) is 30.0. The molecule has 1 radical (unpaired) electrons. The zero-order chi connectivity index (χ0) is 35.4. The Morgan fingerprint density at radius 1 is 0.760 bits per heavy atom. The van der Waals surface area contributed by atoms with Gasteiger partial charge < -0.3 is 20.2 Å². The van der Waals surface area contributed by atoms with Crippen molar-refractivity contribution < 1.29 is 36.9 Å². The van der Waals surface area contributed by atoms with E-state index in [4.69, 9.17) is 19.9 Å². The molecule has 3 aromatic heterocycles. The molecule has 50 heavy (non-hydrogen) atoms. The average molecular weight is 708 g/mol. The van der Waals surface area contributed by atoms with Gasteiger partial charge in [-0.25, -0.2) is 9.97 Å². The quantitative estimate of drug-likeness (QED) is 0.138. The summed E-state index contributed by atoms with van der Waals surface area (Å²) >= 11 is 0. The van der Waals surface area contributed by atoms with Gasteiger partial charge >= 0.3 is 29.0 Å². The molecule has 0 saturated carbocycles. The molecule has 2 aliphatic rings. The molecule has 8 bridgehead atoms. The first-order valence-electron chi connectivity index (χ1n) is 16.1. The van der Waals surface area contributed by atoms with Crippen LogP contribution in [0.5, 0.6) is 0 Å². The van der Waals surface area contributed by atoms with Gasteiger partial charge in [0.1, 0.15) is 0 Å². The molecule has 0 atom stereocenters. The predicted octanol–water partition coefficient (Wildman–Crippen LogP) is 8.55. The van der Waals surface area contributed by atoms with Gasteiger partial charge in [0.15, 0.2) is 0 Å². The number of benzene rings is 1. The van der Waals surface area contributed by atoms with E-state index >= 15 is 0 Å². The summed E-state index contributed by atoms with van der Waals surface area (Å²) in [6, 6.07) is 18.5. The van der Waals surface area contributed by atoms with E-state index in [0.717, 1.165) is 61.3 Å². The van der Waals surface area contributed by atoms with E-state index in [-0.39, 0.29) is 29.9 Å². The fourth-order valence-electron chi connectivity index (χ4n) is 6.10. The monoisotopic (exact) mass is 707 g/mol. The Morgan fingerprint density at radius 3 is 1.94 bits per heavy atom. The van der Waals surface area contributed by atoms with Crippen LogP contribution in [-0.4, -0.2) is 32.1 Å². The standard InChI is InChI=1S/C34H34N4O4.C7H7.Fe/c1-7-21-17(3)25-13-26-19(5)23(9-11-33(39)40)31(37-26)16-32-24(10-12-34(41)42)20(6)28(38-32)15-30-22(8-2)18(4)27(36-30)14-29(21)35-25;1-7-5-3-2-4-6-7;/h7-8,13-16H,1-2,9-12H2,3-6H3,(H4,35,36,37,38,39,40,41,42);2-3,5-6H,1H3;/q;-1;+3/p-2. The van der Waals surface area contributed by atoms with Gasteiger partial charge in [0.2, 0.25) is 0 Å². The summed E-state index contributed by atoms with van der Waals surface area (Å²) in [7, 11) is 0. The predicted molar refractivity (Wildman–Crippen MR) is 197 cm³/mol.